The van der Waals surface area contributed by atoms with Crippen LogP contribution in [0.15, 0.2) is 35.4 Å². The molecule has 162 valence electrons. The average molecular weight is 423 g/mol. The summed E-state index contributed by atoms with van der Waals surface area (Å²) in [4.78, 5) is 20.9. The Bertz CT molecular complexity index is 1190. The Morgan fingerprint density at radius 1 is 1.35 bits per heavy atom. The highest BCUT2D eigenvalue weighted by Crippen LogP contribution is 2.45. The maximum Gasteiger partial charge on any atom is 0.343 e. The van der Waals surface area contributed by atoms with E-state index in [1.165, 1.54) is 0 Å². The van der Waals surface area contributed by atoms with Gasteiger partial charge in [-0.05, 0) is 50.4 Å². The van der Waals surface area contributed by atoms with Gasteiger partial charge in [0.1, 0.15) is 12.4 Å². The number of phenols is 1. The lowest BCUT2D eigenvalue weighted by Gasteiger charge is -2.40. The first-order valence-corrected chi connectivity index (χ1v) is 10.3. The molecule has 2 atom stereocenters. The molecule has 0 saturated heterocycles. The molecule has 4 heterocycles. The van der Waals surface area contributed by atoms with E-state index in [2.05, 4.69) is 0 Å². The number of aromatic hydroxyl groups is 1. The minimum atomic E-state index is -1.78. The molecule has 1 unspecified atom stereocenters. The highest BCUT2D eigenvalue weighted by Gasteiger charge is 2.49. The molecule has 0 fully saturated rings. The van der Waals surface area contributed by atoms with E-state index in [1.54, 1.807) is 30.0 Å². The zero-order chi connectivity index (χ0) is 22.1. The molecule has 0 radical (unpaired) electrons. The second-order valence-electron chi connectivity index (χ2n) is 8.62. The van der Waals surface area contributed by atoms with Crippen LogP contribution in [-0.4, -0.2) is 68.6 Å². The molecule has 3 aliphatic rings. The number of pyridine rings is 1. The van der Waals surface area contributed by atoms with Crippen molar-refractivity contribution in [3.8, 4) is 5.75 Å². The van der Waals surface area contributed by atoms with Crippen LogP contribution in [0.5, 0.6) is 5.75 Å². The summed E-state index contributed by atoms with van der Waals surface area (Å²) in [5.41, 5.74) is 2.94. The monoisotopic (exact) mass is 423 g/mol. The minimum Gasteiger partial charge on any atom is -0.508 e. The molecule has 1 aromatic heterocycles. The Balaban J connectivity index is 1.68. The normalized spacial score (nSPS) is 24.8. The van der Waals surface area contributed by atoms with Crippen LogP contribution in [-0.2, 0) is 22.6 Å². The smallest absolute Gasteiger partial charge is 0.343 e. The predicted octanol–water partition coefficient (Wildman–Crippen LogP) is 1.48. The van der Waals surface area contributed by atoms with Crippen LogP contribution in [0.2, 0.25) is 0 Å². The number of nitrogens with zero attached hydrogens (tertiary/aromatic N) is 3. The van der Waals surface area contributed by atoms with Gasteiger partial charge >= 0.3 is 5.97 Å². The number of carbonyl (C=O) groups excluding carboxylic acids is 1. The van der Waals surface area contributed by atoms with E-state index in [-0.39, 0.29) is 18.8 Å². The van der Waals surface area contributed by atoms with Gasteiger partial charge in [0.15, 0.2) is 11.8 Å². The fraction of sp³-hybridized carbons (Fsp3) is 0.391. The molecule has 0 bridgehead atoms. The predicted molar refractivity (Wildman–Crippen MR) is 114 cm³/mol. The van der Waals surface area contributed by atoms with E-state index in [1.807, 2.05) is 25.1 Å². The molecule has 8 nitrogen and oxygen atoms in total. The molecule has 1 aromatic carbocycles. The number of aromatic nitrogens is 1. The summed E-state index contributed by atoms with van der Waals surface area (Å²) < 4.78 is 5.17. The number of aliphatic hydroxyl groups excluding tert-OH is 1. The quantitative estimate of drug-likeness (QED) is 0.638. The van der Waals surface area contributed by atoms with E-state index in [4.69, 9.17) is 9.72 Å². The molecule has 3 N–H and O–H groups in total. The molecule has 2 aromatic rings. The number of carbonyl (C=O) groups is 1. The number of ether oxygens (including phenoxy) is 1. The van der Waals surface area contributed by atoms with E-state index in [0.29, 0.717) is 35.6 Å². The number of cyclic esters (lactones) is 1. The van der Waals surface area contributed by atoms with Crippen molar-refractivity contribution in [3.05, 3.63) is 52.2 Å². The lowest BCUT2D eigenvalue weighted by Crippen LogP contribution is -2.50. The Morgan fingerprint density at radius 3 is 2.84 bits per heavy atom. The third-order valence-electron chi connectivity index (χ3n) is 6.42. The summed E-state index contributed by atoms with van der Waals surface area (Å²) in [5.74, 6) is -0.474. The Labute approximate surface area is 179 Å². The first-order chi connectivity index (χ1) is 14.7. The number of fused-ring (bicyclic) bond motifs is 4. The summed E-state index contributed by atoms with van der Waals surface area (Å²) in [7, 11) is 3.88. The number of benzene rings is 1. The van der Waals surface area contributed by atoms with Crippen molar-refractivity contribution in [2.75, 3.05) is 20.7 Å². The van der Waals surface area contributed by atoms with Crippen molar-refractivity contribution < 1.29 is 24.9 Å². The highest BCUT2D eigenvalue weighted by atomic mass is 16.6. The zero-order valence-corrected chi connectivity index (χ0v) is 17.7. The number of rotatable bonds is 3. The second kappa shape index (κ2) is 6.78. The van der Waals surface area contributed by atoms with E-state index in [9.17, 15) is 20.1 Å². The number of phenolic OH excluding ortho intramolecular Hbond substituents is 1. The van der Waals surface area contributed by atoms with Gasteiger partial charge in [-0.25, -0.2) is 9.78 Å². The molecule has 5 rings (SSSR count). The highest BCUT2D eigenvalue weighted by molar-refractivity contribution is 5.91. The summed E-state index contributed by atoms with van der Waals surface area (Å²) in [6, 6.07) is 5.43. The van der Waals surface area contributed by atoms with Crippen LogP contribution < -0.4 is 0 Å². The Morgan fingerprint density at radius 2 is 2.13 bits per heavy atom. The number of hydrogen-bond acceptors (Lipinski definition) is 8. The molecule has 0 aliphatic carbocycles. The number of aliphatic hydroxyl groups is 2. The van der Waals surface area contributed by atoms with Gasteiger partial charge in [-0.1, -0.05) is 6.92 Å². The maximum absolute atomic E-state index is 12.3. The van der Waals surface area contributed by atoms with Crippen LogP contribution >= 0.6 is 0 Å². The van der Waals surface area contributed by atoms with Crippen LogP contribution in [0.3, 0.4) is 0 Å². The van der Waals surface area contributed by atoms with Gasteiger partial charge in [-0.2, -0.15) is 0 Å². The number of esters is 1. The van der Waals surface area contributed by atoms with Crippen molar-refractivity contribution in [1.29, 1.82) is 0 Å². The molecule has 8 heteroatoms. The molecule has 31 heavy (non-hydrogen) atoms. The van der Waals surface area contributed by atoms with Gasteiger partial charge in [-0.15, -0.1) is 0 Å². The van der Waals surface area contributed by atoms with Gasteiger partial charge in [0.2, 0.25) is 0 Å². The molecular formula is C23H25N3O5. The lowest BCUT2D eigenvalue weighted by atomic mass is 9.82. The average Bonchev–Trinajstić information content (AvgIpc) is 3.10. The van der Waals surface area contributed by atoms with Crippen molar-refractivity contribution in [1.82, 2.24) is 14.8 Å². The van der Waals surface area contributed by atoms with Gasteiger partial charge in [-0.3, -0.25) is 0 Å². The third-order valence-corrected chi connectivity index (χ3v) is 6.42. The fourth-order valence-electron chi connectivity index (χ4n) is 4.73. The summed E-state index contributed by atoms with van der Waals surface area (Å²) in [6.07, 6.45) is 0.887. The summed E-state index contributed by atoms with van der Waals surface area (Å²) >= 11 is 0. The molecule has 0 spiro atoms. The van der Waals surface area contributed by atoms with Crippen LogP contribution in [0.25, 0.3) is 16.6 Å². The molecule has 3 aliphatic heterocycles. The largest absolute Gasteiger partial charge is 0.508 e. The summed E-state index contributed by atoms with van der Waals surface area (Å²) in [5, 5.41) is 33.3. The van der Waals surface area contributed by atoms with Gasteiger partial charge in [0.05, 0.1) is 16.9 Å². The molecule has 0 amide bonds. The van der Waals surface area contributed by atoms with Crippen molar-refractivity contribution in [2.45, 2.75) is 38.3 Å². The molecule has 0 saturated carbocycles. The van der Waals surface area contributed by atoms with Gasteiger partial charge in [0, 0.05) is 35.2 Å². The van der Waals surface area contributed by atoms with Gasteiger partial charge < -0.3 is 29.9 Å². The topological polar surface area (TPSA) is 106 Å². The lowest BCUT2D eigenvalue weighted by molar-refractivity contribution is -0.164. The fourth-order valence-corrected chi connectivity index (χ4v) is 4.73. The van der Waals surface area contributed by atoms with Crippen molar-refractivity contribution >= 4 is 22.6 Å². The maximum atomic E-state index is 12.3. The standard InChI is InChI=1S/C23H25N3O5/c1-4-23(30)16-8-18-20-12(9-26(18)21(28)15(16)11-31-22(23)29)7-13-14(10-25(2)3)19(27)6-5-17(13)24-20/h5-8,21,27-28,30H,4,9-11H2,1-3H3/t21?,23-/m0/s1. The van der Waals surface area contributed by atoms with Crippen LogP contribution in [0.4, 0.5) is 0 Å². The molecular weight excluding hydrogens is 398 g/mol. The SMILES string of the molecule is CC[C@@]1(O)C(=O)OCC2=C1C=C1c3nc4ccc(O)c(CN(C)C)c4cc3CN1C2O. The zero-order valence-electron chi connectivity index (χ0n) is 17.7. The van der Waals surface area contributed by atoms with Crippen molar-refractivity contribution in [2.24, 2.45) is 0 Å². The summed E-state index contributed by atoms with van der Waals surface area (Å²) in [6.45, 7) is 2.65. The number of hydrogen-bond donors (Lipinski definition) is 3. The van der Waals surface area contributed by atoms with Crippen molar-refractivity contribution in [3.63, 3.8) is 0 Å². The second-order valence-corrected chi connectivity index (χ2v) is 8.62. The first kappa shape index (κ1) is 20.0. The van der Waals surface area contributed by atoms with E-state index < -0.39 is 17.8 Å². The minimum absolute atomic E-state index is 0.0511. The third kappa shape index (κ3) is 2.79. The van der Waals surface area contributed by atoms with Gasteiger partial charge in [0.25, 0.3) is 0 Å². The Hall–Kier alpha value is -2.94. The first-order valence-electron chi connectivity index (χ1n) is 10.3. The van der Waals surface area contributed by atoms with E-state index >= 15 is 0 Å². The van der Waals surface area contributed by atoms with E-state index in [0.717, 1.165) is 22.0 Å². The van der Waals surface area contributed by atoms with Crippen LogP contribution in [0.1, 0.15) is 30.2 Å². The Kier molecular flexibility index (Phi) is 4.37. The van der Waals surface area contributed by atoms with Crippen LogP contribution in [0, 0.1) is 0 Å².